The first-order valence-electron chi connectivity index (χ1n) is 10.7. The van der Waals surface area contributed by atoms with E-state index in [2.05, 4.69) is 15.5 Å². The summed E-state index contributed by atoms with van der Waals surface area (Å²) in [6, 6.07) is 20.3. The number of aromatic nitrogens is 4. The topological polar surface area (TPSA) is 90.5 Å². The van der Waals surface area contributed by atoms with E-state index in [0.717, 1.165) is 5.56 Å². The Hall–Kier alpha value is -4.18. The summed E-state index contributed by atoms with van der Waals surface area (Å²) >= 11 is 1.21. The van der Waals surface area contributed by atoms with Crippen molar-refractivity contribution in [1.82, 2.24) is 24.5 Å². The highest BCUT2D eigenvalue weighted by atomic mass is 32.2. The molecule has 0 spiro atoms. The second-order valence-corrected chi connectivity index (χ2v) is 8.61. The van der Waals surface area contributed by atoms with Crippen LogP contribution in [-0.2, 0) is 11.3 Å². The van der Waals surface area contributed by atoms with Crippen LogP contribution in [0, 0.1) is 5.82 Å². The number of carbonyl (C=O) groups excluding carboxylic acids is 1. The highest BCUT2D eigenvalue weighted by molar-refractivity contribution is 7.99. The Bertz CT molecular complexity index is 1600. The minimum Gasteiger partial charge on any atom is -0.497 e. The van der Waals surface area contributed by atoms with E-state index < -0.39 is 0 Å². The quantitative estimate of drug-likeness (QED) is 0.352. The predicted octanol–water partition coefficient (Wildman–Crippen LogP) is 3.59. The molecule has 35 heavy (non-hydrogen) atoms. The van der Waals surface area contributed by atoms with Gasteiger partial charge in [0, 0.05) is 12.6 Å². The van der Waals surface area contributed by atoms with E-state index in [1.165, 1.54) is 28.5 Å². The van der Waals surface area contributed by atoms with Crippen LogP contribution in [-0.4, -0.2) is 37.9 Å². The molecule has 0 aliphatic heterocycles. The van der Waals surface area contributed by atoms with Gasteiger partial charge in [-0.15, -0.1) is 10.2 Å². The maximum Gasteiger partial charge on any atom is 0.267 e. The molecule has 0 bridgehead atoms. The number of para-hydroxylation sites is 1. The molecule has 8 nitrogen and oxygen atoms in total. The molecule has 10 heteroatoms. The monoisotopic (exact) mass is 489 g/mol. The molecular formula is C25H20FN5O3S. The third-order valence-corrected chi connectivity index (χ3v) is 6.37. The summed E-state index contributed by atoms with van der Waals surface area (Å²) in [6.07, 6.45) is 0. The number of nitrogens with zero attached hydrogens (tertiary/aromatic N) is 4. The first kappa shape index (κ1) is 22.6. The summed E-state index contributed by atoms with van der Waals surface area (Å²) in [5.41, 5.74) is 1.80. The van der Waals surface area contributed by atoms with Crippen LogP contribution in [0.2, 0.25) is 0 Å². The van der Waals surface area contributed by atoms with Crippen molar-refractivity contribution in [2.45, 2.75) is 11.7 Å². The Labute approximate surface area is 203 Å². The SMILES string of the molecule is COc1cccc(-n2c(=O)c3ccccc3n3c(SCC(=O)NCc4ccc(F)cc4)nnc23)c1. The third-order valence-electron chi connectivity index (χ3n) is 5.44. The van der Waals surface area contributed by atoms with Crippen molar-refractivity contribution in [3.8, 4) is 11.4 Å². The molecule has 0 unspecified atom stereocenters. The molecule has 2 aromatic heterocycles. The van der Waals surface area contributed by atoms with Gasteiger partial charge in [0.25, 0.3) is 5.56 Å². The van der Waals surface area contributed by atoms with Crippen LogP contribution in [0.5, 0.6) is 5.75 Å². The summed E-state index contributed by atoms with van der Waals surface area (Å²) in [4.78, 5) is 25.9. The van der Waals surface area contributed by atoms with Gasteiger partial charge in [-0.05, 0) is 42.0 Å². The molecule has 1 N–H and O–H groups in total. The van der Waals surface area contributed by atoms with Crippen LogP contribution >= 0.6 is 11.8 Å². The first-order chi connectivity index (χ1) is 17.0. The van der Waals surface area contributed by atoms with Crippen LogP contribution in [0.25, 0.3) is 22.4 Å². The molecule has 1 amide bonds. The van der Waals surface area contributed by atoms with Crippen molar-refractivity contribution in [3.05, 3.63) is 94.5 Å². The van der Waals surface area contributed by atoms with Crippen LogP contribution in [0.4, 0.5) is 4.39 Å². The highest BCUT2D eigenvalue weighted by Gasteiger charge is 2.19. The smallest absolute Gasteiger partial charge is 0.267 e. The molecule has 3 aromatic carbocycles. The van der Waals surface area contributed by atoms with E-state index in [0.29, 0.717) is 39.8 Å². The molecule has 0 radical (unpaired) electrons. The molecule has 176 valence electrons. The number of benzene rings is 3. The van der Waals surface area contributed by atoms with Gasteiger partial charge in [0.05, 0.1) is 29.5 Å². The summed E-state index contributed by atoms with van der Waals surface area (Å²) in [7, 11) is 1.56. The molecule has 0 aliphatic rings. The fourth-order valence-electron chi connectivity index (χ4n) is 3.74. The molecule has 2 heterocycles. The van der Waals surface area contributed by atoms with Crippen molar-refractivity contribution in [1.29, 1.82) is 0 Å². The number of fused-ring (bicyclic) bond motifs is 3. The van der Waals surface area contributed by atoms with E-state index in [-0.39, 0.29) is 23.0 Å². The van der Waals surface area contributed by atoms with Gasteiger partial charge < -0.3 is 10.1 Å². The summed E-state index contributed by atoms with van der Waals surface area (Å²) < 4.78 is 21.6. The second-order valence-electron chi connectivity index (χ2n) is 7.67. The minimum absolute atomic E-state index is 0.0919. The number of hydrogen-bond donors (Lipinski definition) is 1. The zero-order valence-corrected chi connectivity index (χ0v) is 19.5. The molecule has 5 aromatic rings. The van der Waals surface area contributed by atoms with Gasteiger partial charge in [0.1, 0.15) is 11.6 Å². The Morgan fingerprint density at radius 2 is 1.86 bits per heavy atom. The van der Waals surface area contributed by atoms with Crippen molar-refractivity contribution in [3.63, 3.8) is 0 Å². The van der Waals surface area contributed by atoms with Gasteiger partial charge in [0.2, 0.25) is 11.7 Å². The second kappa shape index (κ2) is 9.59. The maximum atomic E-state index is 13.4. The molecule has 0 aliphatic carbocycles. The number of rotatable bonds is 7. The predicted molar refractivity (Wildman–Crippen MR) is 132 cm³/mol. The van der Waals surface area contributed by atoms with E-state index in [9.17, 15) is 14.0 Å². The van der Waals surface area contributed by atoms with Gasteiger partial charge in [-0.25, -0.2) is 8.96 Å². The summed E-state index contributed by atoms with van der Waals surface area (Å²) in [5.74, 6) is 0.494. The van der Waals surface area contributed by atoms with E-state index in [1.807, 2.05) is 12.1 Å². The summed E-state index contributed by atoms with van der Waals surface area (Å²) in [6.45, 7) is 0.290. The first-order valence-corrected chi connectivity index (χ1v) is 11.7. The number of halogens is 1. The lowest BCUT2D eigenvalue weighted by Gasteiger charge is -2.12. The van der Waals surface area contributed by atoms with Crippen molar-refractivity contribution < 1.29 is 13.9 Å². The Kier molecular flexibility index (Phi) is 6.19. The number of carbonyl (C=O) groups is 1. The lowest BCUT2D eigenvalue weighted by Crippen LogP contribution is -2.24. The van der Waals surface area contributed by atoms with Crippen LogP contribution in [0.3, 0.4) is 0 Å². The Morgan fingerprint density at radius 3 is 2.66 bits per heavy atom. The number of ether oxygens (including phenoxy) is 1. The summed E-state index contributed by atoms with van der Waals surface area (Å²) in [5, 5.41) is 12.4. The lowest BCUT2D eigenvalue weighted by atomic mass is 10.2. The standard InChI is InChI=1S/C25H20FN5O3S/c1-34-19-6-4-5-18(13-19)30-23(33)20-7-2-3-8-21(20)31-24(30)28-29-25(31)35-15-22(32)27-14-16-9-11-17(26)12-10-16/h2-13H,14-15H2,1H3,(H,27,32). The van der Waals surface area contributed by atoms with Gasteiger partial charge in [-0.1, -0.05) is 42.1 Å². The minimum atomic E-state index is -0.325. The van der Waals surface area contributed by atoms with Gasteiger partial charge in [0.15, 0.2) is 5.16 Å². The Morgan fingerprint density at radius 1 is 1.06 bits per heavy atom. The van der Waals surface area contributed by atoms with Crippen LogP contribution in [0.15, 0.2) is 82.7 Å². The van der Waals surface area contributed by atoms with Gasteiger partial charge in [-0.2, -0.15) is 0 Å². The fraction of sp³-hybridized carbons (Fsp3) is 0.120. The normalized spacial score (nSPS) is 11.1. The zero-order valence-electron chi connectivity index (χ0n) is 18.6. The zero-order chi connectivity index (χ0) is 24.4. The van der Waals surface area contributed by atoms with Crippen molar-refractivity contribution in [2.75, 3.05) is 12.9 Å². The average Bonchev–Trinajstić information content (AvgIpc) is 3.31. The molecule has 5 rings (SSSR count). The largest absolute Gasteiger partial charge is 0.497 e. The fourth-order valence-corrected chi connectivity index (χ4v) is 4.51. The van der Waals surface area contributed by atoms with Crippen molar-refractivity contribution in [2.24, 2.45) is 0 Å². The highest BCUT2D eigenvalue weighted by Crippen LogP contribution is 2.24. The number of nitrogens with one attached hydrogen (secondary N) is 1. The molecule has 0 fully saturated rings. The number of thioether (sulfide) groups is 1. The van der Waals surface area contributed by atoms with Crippen LogP contribution in [0.1, 0.15) is 5.56 Å². The molecule has 0 saturated carbocycles. The number of hydrogen-bond acceptors (Lipinski definition) is 6. The van der Waals surface area contributed by atoms with Crippen molar-refractivity contribution >= 4 is 34.3 Å². The van der Waals surface area contributed by atoms with E-state index in [4.69, 9.17) is 4.74 Å². The number of methoxy groups -OCH3 is 1. The van der Waals surface area contributed by atoms with E-state index >= 15 is 0 Å². The maximum absolute atomic E-state index is 13.4. The Balaban J connectivity index is 1.48. The average molecular weight is 490 g/mol. The molecular weight excluding hydrogens is 469 g/mol. The number of amides is 1. The van der Waals surface area contributed by atoms with Crippen LogP contribution < -0.4 is 15.6 Å². The third kappa shape index (κ3) is 4.47. The van der Waals surface area contributed by atoms with E-state index in [1.54, 1.807) is 60.0 Å². The molecule has 0 saturated heterocycles. The van der Waals surface area contributed by atoms with Gasteiger partial charge >= 0.3 is 0 Å². The van der Waals surface area contributed by atoms with Gasteiger partial charge in [-0.3, -0.25) is 14.0 Å². The molecule has 0 atom stereocenters. The lowest BCUT2D eigenvalue weighted by molar-refractivity contribution is -0.118.